The third-order valence-corrected chi connectivity index (χ3v) is 5.29. The van der Waals surface area contributed by atoms with Crippen molar-refractivity contribution in [1.82, 2.24) is 14.8 Å². The predicted octanol–water partition coefficient (Wildman–Crippen LogP) is 4.43. The maximum Gasteiger partial charge on any atom is 0.232 e. The van der Waals surface area contributed by atoms with E-state index in [0.29, 0.717) is 0 Å². The summed E-state index contributed by atoms with van der Waals surface area (Å²) in [6, 6.07) is 7.88. The van der Waals surface area contributed by atoms with Crippen molar-refractivity contribution in [2.24, 2.45) is 0 Å². The van der Waals surface area contributed by atoms with Gasteiger partial charge < -0.3 is 9.64 Å². The van der Waals surface area contributed by atoms with Crippen LogP contribution in [0.2, 0.25) is 5.02 Å². The van der Waals surface area contributed by atoms with Gasteiger partial charge in [-0.3, -0.25) is 4.57 Å². The van der Waals surface area contributed by atoms with E-state index in [1.165, 1.54) is 12.8 Å². The molecule has 2 heterocycles. The van der Waals surface area contributed by atoms with Gasteiger partial charge in [0.15, 0.2) is 5.16 Å². The molecule has 5 nitrogen and oxygen atoms in total. The molecule has 1 saturated heterocycles. The van der Waals surface area contributed by atoms with Gasteiger partial charge in [-0.1, -0.05) is 29.4 Å². The van der Waals surface area contributed by atoms with E-state index in [1.54, 1.807) is 11.8 Å². The number of anilines is 1. The van der Waals surface area contributed by atoms with E-state index in [-0.39, 0.29) is 6.10 Å². The van der Waals surface area contributed by atoms with Crippen LogP contribution in [0, 0.1) is 0 Å². The number of aromatic nitrogens is 3. The molecule has 3 rings (SSSR count). The fourth-order valence-corrected chi connectivity index (χ4v) is 3.90. The van der Waals surface area contributed by atoms with E-state index in [0.717, 1.165) is 53.7 Å². The summed E-state index contributed by atoms with van der Waals surface area (Å²) in [5.41, 5.74) is 1.01. The van der Waals surface area contributed by atoms with Gasteiger partial charge in [0.25, 0.3) is 0 Å². The number of hydrogen-bond acceptors (Lipinski definition) is 5. The van der Waals surface area contributed by atoms with Crippen molar-refractivity contribution in [3.05, 3.63) is 29.3 Å². The van der Waals surface area contributed by atoms with E-state index in [1.807, 2.05) is 18.2 Å². The van der Waals surface area contributed by atoms with Crippen LogP contribution in [0.5, 0.6) is 0 Å². The fourth-order valence-electron chi connectivity index (χ4n) is 2.86. The predicted molar refractivity (Wildman–Crippen MR) is 104 cm³/mol. The highest BCUT2D eigenvalue weighted by atomic mass is 35.5. The van der Waals surface area contributed by atoms with E-state index < -0.39 is 0 Å². The van der Waals surface area contributed by atoms with Gasteiger partial charge in [0, 0.05) is 30.5 Å². The van der Waals surface area contributed by atoms with Gasteiger partial charge in [0.1, 0.15) is 0 Å². The van der Waals surface area contributed by atoms with E-state index in [2.05, 4.69) is 39.6 Å². The van der Waals surface area contributed by atoms with E-state index in [4.69, 9.17) is 16.3 Å². The second-order valence-electron chi connectivity index (χ2n) is 6.41. The van der Waals surface area contributed by atoms with Gasteiger partial charge in [-0.15, -0.1) is 10.2 Å². The molecule has 7 heteroatoms. The highest BCUT2D eigenvalue weighted by Crippen LogP contribution is 2.29. The summed E-state index contributed by atoms with van der Waals surface area (Å²) < 4.78 is 7.75. The highest BCUT2D eigenvalue weighted by Gasteiger charge is 2.22. The number of nitrogens with zero attached hydrogens (tertiary/aromatic N) is 4. The summed E-state index contributed by atoms with van der Waals surface area (Å²) in [6.07, 6.45) is 3.68. The zero-order valence-electron chi connectivity index (χ0n) is 14.8. The third-order valence-electron chi connectivity index (χ3n) is 4.04. The van der Waals surface area contributed by atoms with Crippen LogP contribution in [0.25, 0.3) is 5.69 Å². The molecule has 1 aromatic carbocycles. The van der Waals surface area contributed by atoms with Crippen LogP contribution in [0.3, 0.4) is 0 Å². The van der Waals surface area contributed by atoms with Gasteiger partial charge in [-0.2, -0.15) is 0 Å². The normalized spacial score (nSPS) is 14.6. The summed E-state index contributed by atoms with van der Waals surface area (Å²) in [5, 5.41) is 10.6. The van der Waals surface area contributed by atoms with Crippen LogP contribution in [0.1, 0.15) is 33.1 Å². The Balaban J connectivity index is 1.77. The lowest BCUT2D eigenvalue weighted by Gasteiger charge is -2.18. The van der Waals surface area contributed by atoms with Crippen molar-refractivity contribution >= 4 is 29.3 Å². The molecular formula is C18H25ClN4OS. The number of rotatable bonds is 8. The minimum absolute atomic E-state index is 0.280. The Morgan fingerprint density at radius 1 is 1.24 bits per heavy atom. The Morgan fingerprint density at radius 3 is 2.76 bits per heavy atom. The molecule has 0 bridgehead atoms. The van der Waals surface area contributed by atoms with Crippen molar-refractivity contribution in [3.63, 3.8) is 0 Å². The minimum atomic E-state index is 0.280. The number of ether oxygens (including phenoxy) is 1. The summed E-state index contributed by atoms with van der Waals surface area (Å²) in [4.78, 5) is 2.31. The number of halogens is 1. The molecule has 0 radical (unpaired) electrons. The summed E-state index contributed by atoms with van der Waals surface area (Å²) in [5.74, 6) is 1.87. The standard InChI is InChI=1S/C18H25ClN4OS/c1-14(2)24-11-6-12-25-18-21-20-17(22-9-3-4-10-22)23(18)16-8-5-7-15(19)13-16/h5,7-8,13-14H,3-4,6,9-12H2,1-2H3. The Bertz CT molecular complexity index is 685. The minimum Gasteiger partial charge on any atom is -0.379 e. The lowest BCUT2D eigenvalue weighted by atomic mass is 10.3. The molecular weight excluding hydrogens is 356 g/mol. The smallest absolute Gasteiger partial charge is 0.232 e. The van der Waals surface area contributed by atoms with Crippen molar-refractivity contribution in [3.8, 4) is 5.69 Å². The van der Waals surface area contributed by atoms with Crippen molar-refractivity contribution in [2.45, 2.75) is 44.4 Å². The van der Waals surface area contributed by atoms with E-state index in [9.17, 15) is 0 Å². The zero-order valence-corrected chi connectivity index (χ0v) is 16.4. The number of benzene rings is 1. The van der Waals surface area contributed by atoms with Crippen LogP contribution >= 0.6 is 23.4 Å². The van der Waals surface area contributed by atoms with Crippen LogP contribution in [0.15, 0.2) is 29.4 Å². The SMILES string of the molecule is CC(C)OCCCSc1nnc(N2CCCC2)n1-c1cccc(Cl)c1. The summed E-state index contributed by atoms with van der Waals surface area (Å²) >= 11 is 7.93. The van der Waals surface area contributed by atoms with Gasteiger partial charge >= 0.3 is 0 Å². The molecule has 1 aromatic heterocycles. The topological polar surface area (TPSA) is 43.2 Å². The molecule has 0 aliphatic carbocycles. The highest BCUT2D eigenvalue weighted by molar-refractivity contribution is 7.99. The quantitative estimate of drug-likeness (QED) is 0.500. The Kier molecular flexibility index (Phi) is 6.62. The lowest BCUT2D eigenvalue weighted by Crippen LogP contribution is -2.22. The van der Waals surface area contributed by atoms with Gasteiger partial charge in [0.2, 0.25) is 5.95 Å². The monoisotopic (exact) mass is 380 g/mol. The first-order valence-corrected chi connectivity index (χ1v) is 10.2. The Labute approximate surface area is 158 Å². The second kappa shape index (κ2) is 8.92. The Hall–Kier alpha value is -1.24. The van der Waals surface area contributed by atoms with Gasteiger partial charge in [0.05, 0.1) is 11.8 Å². The average molecular weight is 381 g/mol. The van der Waals surface area contributed by atoms with Gasteiger partial charge in [-0.25, -0.2) is 0 Å². The molecule has 136 valence electrons. The number of hydrogen-bond donors (Lipinski definition) is 0. The molecule has 0 N–H and O–H groups in total. The largest absolute Gasteiger partial charge is 0.379 e. The average Bonchev–Trinajstić information content (AvgIpc) is 3.23. The fraction of sp³-hybridized carbons (Fsp3) is 0.556. The molecule has 0 unspecified atom stereocenters. The molecule has 0 spiro atoms. The van der Waals surface area contributed by atoms with Crippen LogP contribution < -0.4 is 4.90 Å². The first-order chi connectivity index (χ1) is 12.1. The first-order valence-electron chi connectivity index (χ1n) is 8.86. The number of thioether (sulfide) groups is 1. The van der Waals surface area contributed by atoms with Crippen molar-refractivity contribution < 1.29 is 4.74 Å². The molecule has 0 saturated carbocycles. The summed E-state index contributed by atoms with van der Waals surface area (Å²) in [7, 11) is 0. The van der Waals surface area contributed by atoms with Gasteiger partial charge in [-0.05, 0) is 51.3 Å². The van der Waals surface area contributed by atoms with Crippen LogP contribution in [-0.4, -0.2) is 46.3 Å². The molecule has 0 amide bonds. The van der Waals surface area contributed by atoms with E-state index >= 15 is 0 Å². The molecule has 0 atom stereocenters. The maximum atomic E-state index is 6.21. The first kappa shape index (κ1) is 18.5. The van der Waals surface area contributed by atoms with Crippen LogP contribution in [0.4, 0.5) is 5.95 Å². The molecule has 1 aliphatic rings. The molecule has 25 heavy (non-hydrogen) atoms. The lowest BCUT2D eigenvalue weighted by molar-refractivity contribution is 0.0799. The summed E-state index contributed by atoms with van der Waals surface area (Å²) in [6.45, 7) is 6.96. The maximum absolute atomic E-state index is 6.21. The second-order valence-corrected chi connectivity index (χ2v) is 7.91. The van der Waals surface area contributed by atoms with Crippen molar-refractivity contribution in [1.29, 1.82) is 0 Å². The zero-order chi connectivity index (χ0) is 17.6. The molecule has 2 aromatic rings. The van der Waals surface area contributed by atoms with Crippen LogP contribution in [-0.2, 0) is 4.74 Å². The third kappa shape index (κ3) is 4.90. The Morgan fingerprint density at radius 2 is 2.04 bits per heavy atom. The van der Waals surface area contributed by atoms with Crippen molar-refractivity contribution in [2.75, 3.05) is 30.3 Å². The molecule has 1 fully saturated rings. The molecule has 1 aliphatic heterocycles.